The fourth-order valence-corrected chi connectivity index (χ4v) is 2.15. The van der Waals surface area contributed by atoms with Crippen LogP contribution in [0.15, 0.2) is 12.2 Å². The first kappa shape index (κ1) is 15.9. The second-order valence-corrected chi connectivity index (χ2v) is 10.9. The Kier molecular flexibility index (Phi) is 5.94. The summed E-state index contributed by atoms with van der Waals surface area (Å²) in [4.78, 5) is 0. The first-order valence-electron chi connectivity index (χ1n) is 6.05. The largest absolute Gasteiger partial charge is 0.417 e. The van der Waals surface area contributed by atoms with Gasteiger partial charge in [-0.15, -0.1) is 0 Å². The van der Waals surface area contributed by atoms with Gasteiger partial charge in [0.15, 0.2) is 8.32 Å². The van der Waals surface area contributed by atoms with Crippen molar-refractivity contribution in [3.63, 3.8) is 0 Å². The molecule has 0 aromatic heterocycles. The molecule has 0 rings (SSSR count). The molecule has 0 heterocycles. The SMILES string of the molecule is C=C(C)C(O)CCCO[Si](C)(C)C(C)(C)C. The van der Waals surface area contributed by atoms with Crippen molar-refractivity contribution in [1.29, 1.82) is 0 Å². The van der Waals surface area contributed by atoms with Crippen LogP contribution in [0.25, 0.3) is 0 Å². The van der Waals surface area contributed by atoms with Gasteiger partial charge in [0.1, 0.15) is 0 Å². The molecular weight excluding hydrogens is 216 g/mol. The minimum atomic E-state index is -1.61. The molecule has 0 spiro atoms. The lowest BCUT2D eigenvalue weighted by molar-refractivity contribution is 0.182. The highest BCUT2D eigenvalue weighted by molar-refractivity contribution is 6.74. The van der Waals surface area contributed by atoms with Gasteiger partial charge in [-0.1, -0.05) is 32.9 Å². The van der Waals surface area contributed by atoms with Crippen LogP contribution < -0.4 is 0 Å². The molecule has 0 aliphatic rings. The average molecular weight is 244 g/mol. The zero-order valence-corrected chi connectivity index (χ0v) is 12.8. The zero-order chi connectivity index (χ0) is 13.0. The van der Waals surface area contributed by atoms with E-state index in [-0.39, 0.29) is 11.1 Å². The summed E-state index contributed by atoms with van der Waals surface area (Å²) >= 11 is 0. The molecule has 0 saturated carbocycles. The van der Waals surface area contributed by atoms with Gasteiger partial charge in [-0.3, -0.25) is 0 Å². The number of aliphatic hydroxyl groups excluding tert-OH is 1. The van der Waals surface area contributed by atoms with Gasteiger partial charge in [0.25, 0.3) is 0 Å². The Bertz CT molecular complexity index is 229. The number of rotatable bonds is 6. The van der Waals surface area contributed by atoms with E-state index in [1.165, 1.54) is 0 Å². The first-order valence-corrected chi connectivity index (χ1v) is 8.96. The summed E-state index contributed by atoms with van der Waals surface area (Å²) in [5.41, 5.74) is 0.840. The molecule has 0 saturated heterocycles. The molecule has 1 unspecified atom stereocenters. The molecule has 3 heteroatoms. The van der Waals surface area contributed by atoms with Crippen molar-refractivity contribution >= 4 is 8.32 Å². The molecule has 2 nitrogen and oxygen atoms in total. The minimum Gasteiger partial charge on any atom is -0.417 e. The van der Waals surface area contributed by atoms with Gasteiger partial charge in [-0.2, -0.15) is 0 Å². The lowest BCUT2D eigenvalue weighted by Gasteiger charge is -2.36. The van der Waals surface area contributed by atoms with Crippen molar-refractivity contribution < 1.29 is 9.53 Å². The van der Waals surface area contributed by atoms with Crippen molar-refractivity contribution in [3.05, 3.63) is 12.2 Å². The third-order valence-electron chi connectivity index (χ3n) is 3.46. The Morgan fingerprint density at radius 1 is 1.38 bits per heavy atom. The van der Waals surface area contributed by atoms with E-state index in [1.54, 1.807) is 0 Å². The van der Waals surface area contributed by atoms with Crippen molar-refractivity contribution in [2.24, 2.45) is 0 Å². The highest BCUT2D eigenvalue weighted by Gasteiger charge is 2.36. The number of hydrogen-bond acceptors (Lipinski definition) is 2. The van der Waals surface area contributed by atoms with E-state index in [4.69, 9.17) is 4.43 Å². The Hall–Kier alpha value is -0.123. The topological polar surface area (TPSA) is 29.5 Å². The van der Waals surface area contributed by atoms with E-state index >= 15 is 0 Å². The molecule has 0 aliphatic carbocycles. The molecule has 0 aliphatic heterocycles. The van der Waals surface area contributed by atoms with Crippen molar-refractivity contribution in [1.82, 2.24) is 0 Å². The summed E-state index contributed by atoms with van der Waals surface area (Å²) in [5, 5.41) is 9.84. The van der Waals surface area contributed by atoms with Crippen LogP contribution in [-0.4, -0.2) is 26.1 Å². The molecule has 1 atom stereocenters. The Morgan fingerprint density at radius 2 is 1.88 bits per heavy atom. The smallest absolute Gasteiger partial charge is 0.191 e. The molecule has 0 bridgehead atoms. The summed E-state index contributed by atoms with van der Waals surface area (Å²) in [5.74, 6) is 0. The van der Waals surface area contributed by atoms with Crippen LogP contribution in [0.1, 0.15) is 40.5 Å². The third-order valence-corrected chi connectivity index (χ3v) is 8.00. The van der Waals surface area contributed by atoms with Gasteiger partial charge in [-0.05, 0) is 37.9 Å². The predicted octanol–water partition coefficient (Wildman–Crippen LogP) is 3.73. The highest BCUT2D eigenvalue weighted by Crippen LogP contribution is 2.36. The van der Waals surface area contributed by atoms with Gasteiger partial charge in [0.2, 0.25) is 0 Å². The van der Waals surface area contributed by atoms with Gasteiger partial charge in [0.05, 0.1) is 6.10 Å². The standard InChI is InChI=1S/C13H28O2Si/c1-11(2)12(14)9-8-10-15-16(6,7)13(3,4)5/h12,14H,1,8-10H2,2-7H3. The molecule has 0 amide bonds. The highest BCUT2D eigenvalue weighted by atomic mass is 28.4. The maximum Gasteiger partial charge on any atom is 0.191 e. The van der Waals surface area contributed by atoms with E-state index in [1.807, 2.05) is 6.92 Å². The van der Waals surface area contributed by atoms with E-state index in [0.29, 0.717) is 0 Å². The van der Waals surface area contributed by atoms with Crippen molar-refractivity contribution in [2.45, 2.75) is 64.8 Å². The van der Waals surface area contributed by atoms with Crippen LogP contribution in [0.2, 0.25) is 18.1 Å². The summed E-state index contributed by atoms with van der Waals surface area (Å²) < 4.78 is 6.02. The van der Waals surface area contributed by atoms with E-state index < -0.39 is 8.32 Å². The predicted molar refractivity (Wildman–Crippen MR) is 73.2 cm³/mol. The summed E-state index contributed by atoms with van der Waals surface area (Å²) in [6, 6.07) is 0. The van der Waals surface area contributed by atoms with Crippen molar-refractivity contribution in [2.75, 3.05) is 6.61 Å². The Morgan fingerprint density at radius 3 is 2.25 bits per heavy atom. The van der Waals surface area contributed by atoms with Gasteiger partial charge in [-0.25, -0.2) is 0 Å². The molecule has 96 valence electrons. The molecular formula is C13H28O2Si. The van der Waals surface area contributed by atoms with Gasteiger partial charge < -0.3 is 9.53 Å². The summed E-state index contributed by atoms with van der Waals surface area (Å²) in [6.07, 6.45) is 1.29. The monoisotopic (exact) mass is 244 g/mol. The van der Waals surface area contributed by atoms with Crippen LogP contribution >= 0.6 is 0 Å². The maximum absolute atomic E-state index is 9.57. The van der Waals surface area contributed by atoms with Crippen LogP contribution in [0.3, 0.4) is 0 Å². The fraction of sp³-hybridized carbons (Fsp3) is 0.846. The zero-order valence-electron chi connectivity index (χ0n) is 11.8. The Balaban J connectivity index is 3.87. The fourth-order valence-electron chi connectivity index (χ4n) is 1.07. The molecule has 1 N–H and O–H groups in total. The molecule has 0 aromatic rings. The first-order chi connectivity index (χ1) is 7.08. The second-order valence-electron chi connectivity index (χ2n) is 6.11. The Labute approximate surface area is 102 Å². The van der Waals surface area contributed by atoms with Crippen LogP contribution in [0.5, 0.6) is 0 Å². The summed E-state index contributed by atoms with van der Waals surface area (Å²) in [7, 11) is -1.61. The lowest BCUT2D eigenvalue weighted by Crippen LogP contribution is -2.41. The number of aliphatic hydroxyl groups is 1. The van der Waals surface area contributed by atoms with Crippen LogP contribution in [0, 0.1) is 0 Å². The minimum absolute atomic E-state index is 0.264. The average Bonchev–Trinajstić information content (AvgIpc) is 2.09. The van der Waals surface area contributed by atoms with E-state index in [9.17, 15) is 5.11 Å². The molecule has 0 radical (unpaired) electrons. The molecule has 16 heavy (non-hydrogen) atoms. The van der Waals surface area contributed by atoms with Crippen molar-refractivity contribution in [3.8, 4) is 0 Å². The number of hydrogen-bond donors (Lipinski definition) is 1. The molecule has 0 aromatic carbocycles. The summed E-state index contributed by atoms with van der Waals surface area (Å²) in [6.45, 7) is 17.6. The molecule has 0 fully saturated rings. The van der Waals surface area contributed by atoms with Gasteiger partial charge >= 0.3 is 0 Å². The van der Waals surface area contributed by atoms with E-state index in [2.05, 4.69) is 40.4 Å². The third kappa shape index (κ3) is 5.28. The quantitative estimate of drug-likeness (QED) is 0.438. The van der Waals surface area contributed by atoms with Crippen LogP contribution in [0.4, 0.5) is 0 Å². The second kappa shape index (κ2) is 5.99. The lowest BCUT2D eigenvalue weighted by atomic mass is 10.1. The van der Waals surface area contributed by atoms with Gasteiger partial charge in [0, 0.05) is 6.61 Å². The van der Waals surface area contributed by atoms with Crippen LogP contribution in [-0.2, 0) is 4.43 Å². The maximum atomic E-state index is 9.57. The van der Waals surface area contributed by atoms with E-state index in [0.717, 1.165) is 25.0 Å². The normalized spacial score (nSPS) is 14.9.